The fourth-order valence-corrected chi connectivity index (χ4v) is 10.8. The standard InChI is InChI=1S/C36H36ClF2N8O3PS/c1-18(20-6-4-10-43-32(20)41)47-12-13-49-30-26-29(28(39)25(27(30)37)21-7-8-23(38)31-24(21)22(15-40)33(42)52-31)44-35(45-34(26)47)50-17-36-9-5-11-46(36)16-19(14-36)51(2,3)48/h4,6-8,10,18-19H,5,9,11-14,16-17,42H2,1-3H3,(H2,41,43)/t18-,19+,36+/m1/s1. The predicted molar refractivity (Wildman–Crippen MR) is 201 cm³/mol. The minimum absolute atomic E-state index is 0.0252. The van der Waals surface area contributed by atoms with Gasteiger partial charge in [0.1, 0.15) is 47.3 Å². The van der Waals surface area contributed by atoms with Crippen LogP contribution < -0.4 is 25.8 Å². The molecule has 3 aliphatic heterocycles. The molecule has 270 valence electrons. The van der Waals surface area contributed by atoms with E-state index in [2.05, 4.69) is 14.9 Å². The molecule has 0 spiro atoms. The molecule has 52 heavy (non-hydrogen) atoms. The molecule has 0 radical (unpaired) electrons. The first-order chi connectivity index (χ1) is 24.8. The lowest BCUT2D eigenvalue weighted by atomic mass is 9.95. The van der Waals surface area contributed by atoms with E-state index < -0.39 is 18.8 Å². The number of nitriles is 1. The van der Waals surface area contributed by atoms with E-state index >= 15 is 8.78 Å². The number of rotatable bonds is 7. The van der Waals surface area contributed by atoms with Gasteiger partial charge in [0, 0.05) is 34.9 Å². The smallest absolute Gasteiger partial charge is 0.319 e. The first-order valence-electron chi connectivity index (χ1n) is 17.0. The Morgan fingerprint density at radius 1 is 1.23 bits per heavy atom. The molecular formula is C36H36ClF2N8O3PS. The summed E-state index contributed by atoms with van der Waals surface area (Å²) in [6.45, 7) is 7.90. The molecule has 11 nitrogen and oxygen atoms in total. The van der Waals surface area contributed by atoms with Crippen LogP contribution in [0.15, 0.2) is 30.5 Å². The predicted octanol–water partition coefficient (Wildman–Crippen LogP) is 7.44. The lowest BCUT2D eigenvalue weighted by Gasteiger charge is -2.32. The lowest BCUT2D eigenvalue weighted by Crippen LogP contribution is -2.43. The Balaban J connectivity index is 1.33. The Kier molecular flexibility index (Phi) is 8.49. The summed E-state index contributed by atoms with van der Waals surface area (Å²) in [7, 11) is -2.35. The van der Waals surface area contributed by atoms with Crippen LogP contribution in [-0.2, 0) is 4.57 Å². The van der Waals surface area contributed by atoms with Gasteiger partial charge in [0.25, 0.3) is 0 Å². The van der Waals surface area contributed by atoms with E-state index in [9.17, 15) is 9.83 Å². The molecule has 2 fully saturated rings. The number of aromatic nitrogens is 3. The fraction of sp³-hybridized carbons (Fsp3) is 0.389. The number of ether oxygens (including phenoxy) is 2. The molecule has 0 aliphatic carbocycles. The topological polar surface area (TPSA) is 157 Å². The molecule has 4 N–H and O–H groups in total. The van der Waals surface area contributed by atoms with Crippen LogP contribution in [0, 0.1) is 23.0 Å². The average molecular weight is 765 g/mol. The van der Waals surface area contributed by atoms with Crippen molar-refractivity contribution in [3.05, 3.63) is 58.2 Å². The maximum atomic E-state index is 17.4. The van der Waals surface area contributed by atoms with Gasteiger partial charge >= 0.3 is 6.01 Å². The van der Waals surface area contributed by atoms with Crippen LogP contribution in [0.1, 0.15) is 43.4 Å². The molecule has 2 saturated heterocycles. The first kappa shape index (κ1) is 34.8. The maximum absolute atomic E-state index is 17.4. The zero-order chi connectivity index (χ0) is 36.7. The van der Waals surface area contributed by atoms with Crippen LogP contribution in [0.4, 0.5) is 25.4 Å². The number of halogens is 3. The van der Waals surface area contributed by atoms with Crippen molar-refractivity contribution in [3.8, 4) is 29.0 Å². The van der Waals surface area contributed by atoms with Gasteiger partial charge in [-0.25, -0.2) is 13.8 Å². The van der Waals surface area contributed by atoms with Gasteiger partial charge in [-0.15, -0.1) is 11.3 Å². The Morgan fingerprint density at radius 2 is 2.04 bits per heavy atom. The molecule has 0 amide bonds. The summed E-state index contributed by atoms with van der Waals surface area (Å²) in [6, 6.07) is 7.85. The second-order valence-corrected chi connectivity index (χ2v) is 19.2. The molecule has 16 heteroatoms. The van der Waals surface area contributed by atoms with Crippen molar-refractivity contribution >= 4 is 67.7 Å². The Labute approximate surface area is 307 Å². The maximum Gasteiger partial charge on any atom is 0.319 e. The van der Waals surface area contributed by atoms with E-state index in [1.165, 1.54) is 12.1 Å². The van der Waals surface area contributed by atoms with E-state index in [0.29, 0.717) is 18.2 Å². The molecule has 6 heterocycles. The van der Waals surface area contributed by atoms with Gasteiger partial charge < -0.3 is 30.4 Å². The largest absolute Gasteiger partial charge is 0.489 e. The van der Waals surface area contributed by atoms with Gasteiger partial charge in [0.05, 0.1) is 45.9 Å². The van der Waals surface area contributed by atoms with Gasteiger partial charge in [0.15, 0.2) is 11.6 Å². The van der Waals surface area contributed by atoms with E-state index in [-0.39, 0.29) is 89.9 Å². The van der Waals surface area contributed by atoms with E-state index in [1.807, 2.05) is 37.3 Å². The van der Waals surface area contributed by atoms with Gasteiger partial charge in [-0.3, -0.25) is 4.90 Å². The van der Waals surface area contributed by atoms with Crippen LogP contribution in [0.5, 0.6) is 11.8 Å². The zero-order valence-electron chi connectivity index (χ0n) is 28.8. The highest BCUT2D eigenvalue weighted by Crippen LogP contribution is 2.54. The van der Waals surface area contributed by atoms with Crippen LogP contribution >= 0.6 is 30.1 Å². The number of benzene rings is 2. The monoisotopic (exact) mass is 764 g/mol. The van der Waals surface area contributed by atoms with Crippen molar-refractivity contribution in [2.75, 3.05) is 62.5 Å². The molecule has 3 atom stereocenters. The Morgan fingerprint density at radius 3 is 2.79 bits per heavy atom. The Bertz CT molecular complexity index is 2380. The minimum atomic E-state index is -2.35. The molecule has 5 aromatic rings. The Hall–Kier alpha value is -4.28. The van der Waals surface area contributed by atoms with Crippen LogP contribution in [-0.4, -0.2) is 77.2 Å². The normalized spacial score (nSPS) is 20.9. The first-order valence-corrected chi connectivity index (χ1v) is 20.9. The van der Waals surface area contributed by atoms with Crippen LogP contribution in [0.3, 0.4) is 0 Å². The summed E-state index contributed by atoms with van der Waals surface area (Å²) in [5.74, 6) is -0.610. The molecule has 0 saturated carbocycles. The number of nitrogens with zero attached hydrogens (tertiary/aromatic N) is 6. The summed E-state index contributed by atoms with van der Waals surface area (Å²) < 4.78 is 58.5. The number of hydrogen-bond donors (Lipinski definition) is 2. The molecule has 0 bridgehead atoms. The highest BCUT2D eigenvalue weighted by molar-refractivity contribution is 7.63. The van der Waals surface area contributed by atoms with Crippen molar-refractivity contribution in [1.29, 1.82) is 5.26 Å². The summed E-state index contributed by atoms with van der Waals surface area (Å²) in [5, 5.41) is 10.4. The summed E-state index contributed by atoms with van der Waals surface area (Å²) in [5.41, 5.74) is 12.9. The number of thiophene rings is 1. The van der Waals surface area contributed by atoms with Crippen molar-refractivity contribution < 1.29 is 22.8 Å². The number of nitrogen functional groups attached to an aromatic ring is 2. The number of nitrogens with two attached hydrogens (primary N) is 2. The summed E-state index contributed by atoms with van der Waals surface area (Å²) in [4.78, 5) is 18.2. The minimum Gasteiger partial charge on any atom is -0.489 e. The number of anilines is 3. The third-order valence-corrected chi connectivity index (χ3v) is 14.4. The van der Waals surface area contributed by atoms with E-state index in [1.54, 1.807) is 12.3 Å². The summed E-state index contributed by atoms with van der Waals surface area (Å²) >= 11 is 7.99. The van der Waals surface area contributed by atoms with Gasteiger partial charge in [-0.2, -0.15) is 15.2 Å². The van der Waals surface area contributed by atoms with Gasteiger partial charge in [-0.1, -0.05) is 23.7 Å². The van der Waals surface area contributed by atoms with Gasteiger partial charge in [0.2, 0.25) is 0 Å². The fourth-order valence-electron chi connectivity index (χ4n) is 8.17. The molecule has 3 aromatic heterocycles. The second-order valence-electron chi connectivity index (χ2n) is 14.2. The van der Waals surface area contributed by atoms with Crippen LogP contribution in [0.2, 0.25) is 5.02 Å². The highest BCUT2D eigenvalue weighted by atomic mass is 35.5. The second kappa shape index (κ2) is 12.7. The number of fused-ring (bicyclic) bond motifs is 2. The number of pyridine rings is 1. The third kappa shape index (κ3) is 5.43. The van der Waals surface area contributed by atoms with Crippen molar-refractivity contribution in [2.45, 2.75) is 43.4 Å². The molecule has 0 unspecified atom stereocenters. The zero-order valence-corrected chi connectivity index (χ0v) is 31.2. The lowest BCUT2D eigenvalue weighted by molar-refractivity contribution is 0.108. The van der Waals surface area contributed by atoms with Crippen molar-refractivity contribution in [1.82, 2.24) is 19.9 Å². The molecule has 3 aliphatic rings. The average Bonchev–Trinajstić information content (AvgIpc) is 3.74. The van der Waals surface area contributed by atoms with E-state index in [4.69, 9.17) is 37.5 Å². The van der Waals surface area contributed by atoms with Crippen LogP contribution in [0.25, 0.3) is 32.1 Å². The van der Waals surface area contributed by atoms with Gasteiger partial charge in [-0.05, 0) is 63.8 Å². The molecular weight excluding hydrogens is 729 g/mol. The SMILES string of the molecule is C[C@H](c1cccnc1N)N1CCOc2c(Cl)c(-c3ccc(F)c4sc(N)c(C#N)c34)c(F)c3nc(OC[C@@]45CCCN4C[C@@H](P(C)(C)=O)C5)nc1c23. The number of hydrogen-bond acceptors (Lipinski definition) is 12. The quantitative estimate of drug-likeness (QED) is 0.159. The molecule has 8 rings (SSSR count). The van der Waals surface area contributed by atoms with Crippen molar-refractivity contribution in [3.63, 3.8) is 0 Å². The van der Waals surface area contributed by atoms with Crippen molar-refractivity contribution in [2.24, 2.45) is 0 Å². The summed E-state index contributed by atoms with van der Waals surface area (Å²) in [6.07, 6.45) is 4.18. The molecule has 2 aromatic carbocycles. The third-order valence-electron chi connectivity index (χ3n) is 10.9. The van der Waals surface area contributed by atoms with E-state index in [0.717, 1.165) is 49.3 Å². The highest BCUT2D eigenvalue weighted by Gasteiger charge is 2.51.